The SMILES string of the molecule is C#Cc1cc(OCCCCCCCCCCCCCCCC)c(C#Cc2cc(OCC(CC)CCCC)ccc2OCC(CC)CCCC)cc1OCCCCCCCCCCCCCCCC. The molecule has 0 saturated heterocycles. The first kappa shape index (κ1) is 60.9. The molecule has 0 N–H and O–H groups in total. The molecule has 0 heterocycles. The van der Waals surface area contributed by atoms with Crippen LogP contribution < -0.4 is 18.9 Å². The normalized spacial score (nSPS) is 12.0. The van der Waals surface area contributed by atoms with Gasteiger partial charge in [0.05, 0.1) is 43.1 Å². The molecule has 2 unspecified atom stereocenters. The monoisotopic (exact) mass is 939 g/mol. The predicted octanol–water partition coefficient (Wildman–Crippen LogP) is 20.0. The highest BCUT2D eigenvalue weighted by Gasteiger charge is 2.14. The van der Waals surface area contributed by atoms with Crippen molar-refractivity contribution in [3.05, 3.63) is 47.0 Å². The van der Waals surface area contributed by atoms with Gasteiger partial charge in [-0.3, -0.25) is 0 Å². The fourth-order valence-electron chi connectivity index (χ4n) is 9.14. The van der Waals surface area contributed by atoms with Gasteiger partial charge in [0, 0.05) is 12.1 Å². The highest BCUT2D eigenvalue weighted by Crippen LogP contribution is 2.31. The summed E-state index contributed by atoms with van der Waals surface area (Å²) in [6.45, 7) is 16.3. The number of rotatable bonds is 46. The van der Waals surface area contributed by atoms with E-state index in [1.807, 2.05) is 12.1 Å². The van der Waals surface area contributed by atoms with E-state index in [0.717, 1.165) is 59.6 Å². The molecule has 2 atom stereocenters. The third-order valence-electron chi connectivity index (χ3n) is 14.1. The van der Waals surface area contributed by atoms with Crippen molar-refractivity contribution in [2.75, 3.05) is 26.4 Å². The average Bonchev–Trinajstić information content (AvgIpc) is 3.36. The summed E-state index contributed by atoms with van der Waals surface area (Å²) in [5, 5.41) is 0. The lowest BCUT2D eigenvalue weighted by Gasteiger charge is -2.18. The van der Waals surface area contributed by atoms with Gasteiger partial charge >= 0.3 is 0 Å². The molecule has 0 aliphatic heterocycles. The van der Waals surface area contributed by atoms with Crippen LogP contribution in [0.5, 0.6) is 23.0 Å². The van der Waals surface area contributed by atoms with Crippen LogP contribution >= 0.6 is 0 Å². The quantitative estimate of drug-likeness (QED) is 0.0490. The molecule has 4 heteroatoms. The molecule has 2 aromatic rings. The second kappa shape index (κ2) is 43.8. The summed E-state index contributed by atoms with van der Waals surface area (Å²) in [7, 11) is 0. The van der Waals surface area contributed by atoms with Gasteiger partial charge in [0.25, 0.3) is 0 Å². The van der Waals surface area contributed by atoms with Crippen LogP contribution in [0.1, 0.15) is 289 Å². The number of hydrogen-bond acceptors (Lipinski definition) is 4. The third-order valence-corrected chi connectivity index (χ3v) is 14.1. The standard InChI is InChI=1S/C64H106O4/c1-8-15-19-21-23-25-27-29-31-33-35-37-39-41-49-65-63-53-60(64(52-58(63)14-7)66-50-42-40-38-36-34-32-30-28-26-24-22-20-16-9-2)46-45-59-51-61(67-54-56(12-5)43-17-10-3)47-48-62(59)68-55-57(13-6)44-18-11-4/h7,47-48,51-53,56-57H,8-13,15-44,49-50,54-55H2,1-6H3. The van der Waals surface area contributed by atoms with E-state index in [1.54, 1.807) is 0 Å². The molecule has 0 spiro atoms. The van der Waals surface area contributed by atoms with E-state index in [9.17, 15) is 0 Å². The van der Waals surface area contributed by atoms with E-state index in [1.165, 1.54) is 205 Å². The number of ether oxygens (including phenoxy) is 4. The van der Waals surface area contributed by atoms with E-state index in [0.29, 0.717) is 44.0 Å². The zero-order chi connectivity index (χ0) is 49.0. The van der Waals surface area contributed by atoms with Crippen molar-refractivity contribution in [3.8, 4) is 47.2 Å². The van der Waals surface area contributed by atoms with Crippen LogP contribution in [0.15, 0.2) is 30.3 Å². The van der Waals surface area contributed by atoms with Gasteiger partial charge in [0.2, 0.25) is 0 Å². The minimum atomic E-state index is 0.515. The molecule has 2 aromatic carbocycles. The van der Waals surface area contributed by atoms with Crippen LogP contribution in [0.2, 0.25) is 0 Å². The zero-order valence-corrected chi connectivity index (χ0v) is 45.5. The topological polar surface area (TPSA) is 36.9 Å². The second-order valence-electron chi connectivity index (χ2n) is 20.2. The fraction of sp³-hybridized carbons (Fsp3) is 0.750. The van der Waals surface area contributed by atoms with Crippen LogP contribution in [0.25, 0.3) is 0 Å². The molecule has 386 valence electrons. The van der Waals surface area contributed by atoms with Crippen molar-refractivity contribution < 1.29 is 18.9 Å². The van der Waals surface area contributed by atoms with E-state index in [2.05, 4.69) is 77.5 Å². The second-order valence-corrected chi connectivity index (χ2v) is 20.2. The van der Waals surface area contributed by atoms with Crippen molar-refractivity contribution in [2.24, 2.45) is 11.8 Å². The maximum atomic E-state index is 6.58. The lowest BCUT2D eigenvalue weighted by molar-refractivity contribution is 0.227. The molecule has 4 nitrogen and oxygen atoms in total. The Hall–Kier alpha value is -3.24. The molecular weight excluding hydrogens is 833 g/mol. The molecule has 0 fully saturated rings. The lowest BCUT2D eigenvalue weighted by atomic mass is 10.0. The van der Waals surface area contributed by atoms with Crippen LogP contribution in [-0.2, 0) is 0 Å². The summed E-state index contributed by atoms with van der Waals surface area (Å²) < 4.78 is 26.0. The number of hydrogen-bond donors (Lipinski definition) is 0. The maximum Gasteiger partial charge on any atom is 0.136 e. The van der Waals surface area contributed by atoms with Gasteiger partial charge in [-0.15, -0.1) is 6.42 Å². The van der Waals surface area contributed by atoms with E-state index in [-0.39, 0.29) is 0 Å². The lowest BCUT2D eigenvalue weighted by Crippen LogP contribution is -2.13. The van der Waals surface area contributed by atoms with E-state index >= 15 is 0 Å². The highest BCUT2D eigenvalue weighted by atomic mass is 16.5. The Morgan fingerprint density at radius 3 is 1.12 bits per heavy atom. The zero-order valence-electron chi connectivity index (χ0n) is 45.5. The van der Waals surface area contributed by atoms with Crippen molar-refractivity contribution in [2.45, 2.75) is 273 Å². The summed E-state index contributed by atoms with van der Waals surface area (Å²) in [5.74, 6) is 14.1. The van der Waals surface area contributed by atoms with E-state index in [4.69, 9.17) is 25.4 Å². The van der Waals surface area contributed by atoms with Gasteiger partial charge in [-0.2, -0.15) is 0 Å². The van der Waals surface area contributed by atoms with Crippen molar-refractivity contribution in [1.82, 2.24) is 0 Å². The molecular formula is C64H106O4. The van der Waals surface area contributed by atoms with Crippen LogP contribution in [-0.4, -0.2) is 26.4 Å². The van der Waals surface area contributed by atoms with Crippen molar-refractivity contribution in [3.63, 3.8) is 0 Å². The number of terminal acetylenes is 1. The van der Waals surface area contributed by atoms with Crippen molar-refractivity contribution in [1.29, 1.82) is 0 Å². The minimum absolute atomic E-state index is 0.515. The van der Waals surface area contributed by atoms with Gasteiger partial charge in [0.15, 0.2) is 0 Å². The Balaban J connectivity index is 2.16. The molecule has 0 radical (unpaired) electrons. The summed E-state index contributed by atoms with van der Waals surface area (Å²) >= 11 is 0. The Morgan fingerprint density at radius 2 is 0.721 bits per heavy atom. The van der Waals surface area contributed by atoms with Crippen molar-refractivity contribution >= 4 is 0 Å². The Morgan fingerprint density at radius 1 is 0.368 bits per heavy atom. The van der Waals surface area contributed by atoms with Gasteiger partial charge in [-0.1, -0.05) is 265 Å². The first-order valence-electron chi connectivity index (χ1n) is 29.3. The molecule has 0 aliphatic carbocycles. The Bertz CT molecular complexity index is 1580. The largest absolute Gasteiger partial charge is 0.493 e. The molecule has 0 aliphatic rings. The number of unbranched alkanes of at least 4 members (excludes halogenated alkanes) is 28. The Kier molecular flexibility index (Phi) is 39.2. The Labute approximate surface area is 422 Å². The summed E-state index contributed by atoms with van der Waals surface area (Å²) in [6, 6.07) is 10.2. The molecule has 0 amide bonds. The molecule has 0 bridgehead atoms. The molecule has 0 saturated carbocycles. The van der Waals surface area contributed by atoms with Gasteiger partial charge in [0.1, 0.15) is 23.0 Å². The van der Waals surface area contributed by atoms with Crippen LogP contribution in [0.3, 0.4) is 0 Å². The molecule has 68 heavy (non-hydrogen) atoms. The van der Waals surface area contributed by atoms with Gasteiger partial charge < -0.3 is 18.9 Å². The average molecular weight is 940 g/mol. The molecule has 2 rings (SSSR count). The van der Waals surface area contributed by atoms with Crippen LogP contribution in [0, 0.1) is 36.0 Å². The predicted molar refractivity (Wildman–Crippen MR) is 296 cm³/mol. The fourth-order valence-corrected chi connectivity index (χ4v) is 9.14. The summed E-state index contributed by atoms with van der Waals surface area (Å²) in [5.41, 5.74) is 2.35. The third kappa shape index (κ3) is 30.4. The minimum Gasteiger partial charge on any atom is -0.493 e. The highest BCUT2D eigenvalue weighted by molar-refractivity contribution is 5.60. The van der Waals surface area contributed by atoms with E-state index < -0.39 is 0 Å². The van der Waals surface area contributed by atoms with Gasteiger partial charge in [-0.25, -0.2) is 0 Å². The first-order chi connectivity index (χ1) is 33.5. The maximum absolute atomic E-state index is 6.58. The van der Waals surface area contributed by atoms with Crippen LogP contribution in [0.4, 0.5) is 0 Å². The number of benzene rings is 2. The molecule has 0 aromatic heterocycles. The summed E-state index contributed by atoms with van der Waals surface area (Å²) in [6.07, 6.45) is 52.9. The van der Waals surface area contributed by atoms with Gasteiger partial charge in [-0.05, 0) is 55.7 Å². The smallest absolute Gasteiger partial charge is 0.136 e. The first-order valence-corrected chi connectivity index (χ1v) is 29.3. The summed E-state index contributed by atoms with van der Waals surface area (Å²) in [4.78, 5) is 0.